The first-order chi connectivity index (χ1) is 16.8. The van der Waals surface area contributed by atoms with E-state index in [9.17, 15) is 0 Å². The van der Waals surface area contributed by atoms with Crippen LogP contribution in [0.3, 0.4) is 0 Å². The smallest absolute Gasteiger partial charge is 0.0483 e. The van der Waals surface area contributed by atoms with Gasteiger partial charge in [-0.25, -0.2) is 0 Å². The molecule has 1 fully saturated rings. The van der Waals surface area contributed by atoms with E-state index in [1.807, 2.05) is 0 Å². The van der Waals surface area contributed by atoms with Crippen LogP contribution in [-0.2, 0) is 0 Å². The second-order valence-corrected chi connectivity index (χ2v) is 66.5. The van der Waals surface area contributed by atoms with Gasteiger partial charge in [-0.05, 0) is 27.7 Å². The van der Waals surface area contributed by atoms with Gasteiger partial charge in [0.05, 0.1) is 0 Å². The third-order valence-corrected chi connectivity index (χ3v) is 132. The molecule has 0 unspecified atom stereocenters. The van der Waals surface area contributed by atoms with E-state index in [0.717, 1.165) is 0 Å². The minimum atomic E-state index is -1.81. The van der Waals surface area contributed by atoms with Crippen LogP contribution in [0.4, 0.5) is 0 Å². The Balaban J connectivity index is 1.76. The molecule has 0 amide bonds. The molecule has 0 N–H and O–H groups in total. The molecule has 0 aromatic carbocycles. The summed E-state index contributed by atoms with van der Waals surface area (Å²) in [6, 6.07) is 0. The van der Waals surface area contributed by atoms with Gasteiger partial charge in [-0.3, -0.25) is 0 Å². The summed E-state index contributed by atoms with van der Waals surface area (Å²) < 4.78 is 0. The van der Waals surface area contributed by atoms with Crippen molar-refractivity contribution >= 4 is 35.5 Å². The van der Waals surface area contributed by atoms with Crippen molar-refractivity contribution in [3.05, 3.63) is 122 Å². The second-order valence-electron chi connectivity index (χ2n) is 12.5. The topological polar surface area (TPSA) is 0 Å². The monoisotopic (exact) mass is 540 g/mol. The van der Waals surface area contributed by atoms with E-state index in [2.05, 4.69) is 154 Å². The maximum absolute atomic E-state index is 2.99. The molecule has 0 bridgehead atoms. The first kappa shape index (κ1) is 23.9. The molecule has 0 aromatic rings. The number of hydrogen-bond donors (Lipinski definition) is 0. The Hall–Kier alpha value is -1.52. The van der Waals surface area contributed by atoms with Crippen LogP contribution in [0.5, 0.6) is 0 Å². The van der Waals surface area contributed by atoms with Gasteiger partial charge in [0.1, 0.15) is 0 Å². The van der Waals surface area contributed by atoms with E-state index in [4.69, 9.17) is 0 Å². The second kappa shape index (κ2) is 7.99. The summed E-state index contributed by atoms with van der Waals surface area (Å²) in [5, 5.41) is 0. The molecular formula is C30H40Si5. The molecule has 180 valence electrons. The van der Waals surface area contributed by atoms with Crippen molar-refractivity contribution in [1.82, 2.24) is 0 Å². The maximum atomic E-state index is 2.99. The lowest BCUT2D eigenvalue weighted by atomic mass is 10.5. The normalized spacial score (nSPS) is 44.7. The van der Waals surface area contributed by atoms with Crippen molar-refractivity contribution < 1.29 is 0 Å². The highest BCUT2D eigenvalue weighted by Gasteiger charge is 2.87. The first-order valence-electron chi connectivity index (χ1n) is 13.5. The highest BCUT2D eigenvalue weighted by atomic mass is 30.2. The summed E-state index contributed by atoms with van der Waals surface area (Å²) in [6.07, 6.45) is 50.7. The zero-order chi connectivity index (χ0) is 24.5. The third-order valence-electron chi connectivity index (χ3n) is 12.5. The van der Waals surface area contributed by atoms with Crippen molar-refractivity contribution in [2.45, 2.75) is 60.4 Å². The Morgan fingerprint density at radius 2 is 0.371 bits per heavy atom. The van der Waals surface area contributed by atoms with Crippen molar-refractivity contribution in [2.24, 2.45) is 0 Å². The average Bonchev–Trinajstić information content (AvgIpc) is 3.70. The lowest BCUT2D eigenvalue weighted by Crippen LogP contribution is -2.77. The van der Waals surface area contributed by atoms with E-state index in [-0.39, 0.29) is 0 Å². The fourth-order valence-electron chi connectivity index (χ4n) is 10.2. The molecule has 5 heteroatoms. The van der Waals surface area contributed by atoms with Gasteiger partial charge in [0.15, 0.2) is 0 Å². The molecular weight excluding hydrogens is 501 g/mol. The van der Waals surface area contributed by atoms with E-state index in [1.165, 1.54) is 0 Å². The fraction of sp³-hybridized carbons (Fsp3) is 0.333. The summed E-state index contributed by atoms with van der Waals surface area (Å²) in [5.41, 5.74) is 3.57. The number of hydrogen-bond acceptors (Lipinski definition) is 0. The van der Waals surface area contributed by atoms with E-state index >= 15 is 0 Å². The molecule has 0 spiro atoms. The van der Waals surface area contributed by atoms with E-state index in [0.29, 0.717) is 27.7 Å². The molecule has 6 rings (SSSR count). The van der Waals surface area contributed by atoms with Gasteiger partial charge in [-0.1, -0.05) is 154 Å². The Morgan fingerprint density at radius 1 is 0.257 bits per heavy atom. The Labute approximate surface area is 216 Å². The minimum Gasteiger partial charge on any atom is -0.0809 e. The summed E-state index contributed by atoms with van der Waals surface area (Å²) in [7, 11) is -9.05. The van der Waals surface area contributed by atoms with Crippen LogP contribution in [0.25, 0.3) is 0 Å². The quantitative estimate of drug-likeness (QED) is 0.308. The number of rotatable bonds is 5. The molecule has 35 heavy (non-hydrogen) atoms. The standard InChI is InChI=1S/C30H40Si5/c1-31(26-16-6-7-17-26)32(2,27-18-8-9-19-27)34(4,29-22-12-13-23-29)35(5,30-24-14-15-25-30)33(31,3)28-20-10-11-21-28/h6-30H,1-5H3. The first-order valence-corrected chi connectivity index (χ1v) is 31.4. The van der Waals surface area contributed by atoms with Crippen molar-refractivity contribution in [3.63, 3.8) is 0 Å². The largest absolute Gasteiger partial charge is 0.0809 e. The molecule has 0 radical (unpaired) electrons. The molecule has 0 nitrogen and oxygen atoms in total. The highest BCUT2D eigenvalue weighted by molar-refractivity contribution is 8.14. The molecule has 0 saturated carbocycles. The van der Waals surface area contributed by atoms with Crippen molar-refractivity contribution in [2.75, 3.05) is 0 Å². The summed E-state index contributed by atoms with van der Waals surface area (Å²) in [6.45, 7) is 15.0. The lowest BCUT2D eigenvalue weighted by Gasteiger charge is -2.56. The SMILES string of the molecule is C[Si]1(C2C=CC=C2)[Si](C)(C2C=CC=C2)[Si](C)(C2C=CC=C2)[Si](C)(C2C=CC=C2)[Si]1(C)C1C=CC=C1. The van der Waals surface area contributed by atoms with Gasteiger partial charge < -0.3 is 0 Å². The molecule has 0 aromatic heterocycles. The molecule has 6 aliphatic rings. The fourth-order valence-corrected chi connectivity index (χ4v) is 221. The van der Waals surface area contributed by atoms with E-state index in [1.54, 1.807) is 0 Å². The van der Waals surface area contributed by atoms with Crippen LogP contribution < -0.4 is 0 Å². The zero-order valence-corrected chi connectivity index (χ0v) is 26.9. The Bertz CT molecular complexity index is 928. The lowest BCUT2D eigenvalue weighted by molar-refractivity contribution is 1.27. The van der Waals surface area contributed by atoms with E-state index < -0.39 is 35.5 Å². The van der Waals surface area contributed by atoms with Crippen molar-refractivity contribution in [3.8, 4) is 0 Å². The van der Waals surface area contributed by atoms with Gasteiger partial charge in [0.25, 0.3) is 0 Å². The molecule has 1 aliphatic heterocycles. The van der Waals surface area contributed by atoms with Crippen LogP contribution in [-0.4, -0.2) is 35.5 Å². The van der Waals surface area contributed by atoms with Gasteiger partial charge in [-0.2, -0.15) is 0 Å². The molecule has 1 saturated heterocycles. The Kier molecular flexibility index (Phi) is 5.45. The number of allylic oxidation sites excluding steroid dienone is 20. The van der Waals surface area contributed by atoms with Crippen LogP contribution in [0.15, 0.2) is 122 Å². The van der Waals surface area contributed by atoms with Gasteiger partial charge in [-0.15, -0.1) is 0 Å². The van der Waals surface area contributed by atoms with Crippen molar-refractivity contribution in [1.29, 1.82) is 0 Å². The zero-order valence-electron chi connectivity index (χ0n) is 21.9. The van der Waals surface area contributed by atoms with Crippen LogP contribution >= 0.6 is 0 Å². The van der Waals surface area contributed by atoms with Crippen LogP contribution in [0, 0.1) is 0 Å². The molecule has 0 atom stereocenters. The summed E-state index contributed by atoms with van der Waals surface area (Å²) in [5.74, 6) is 0. The highest BCUT2D eigenvalue weighted by Crippen LogP contribution is 2.69. The summed E-state index contributed by atoms with van der Waals surface area (Å²) in [4.78, 5) is 0. The molecule has 1 heterocycles. The van der Waals surface area contributed by atoms with Gasteiger partial charge >= 0.3 is 0 Å². The Morgan fingerprint density at radius 3 is 0.486 bits per heavy atom. The van der Waals surface area contributed by atoms with Gasteiger partial charge in [0.2, 0.25) is 0 Å². The predicted molar refractivity (Wildman–Crippen MR) is 168 cm³/mol. The average molecular weight is 541 g/mol. The minimum absolute atomic E-state index is 0.713. The molecule has 5 aliphatic carbocycles. The van der Waals surface area contributed by atoms with Gasteiger partial charge in [0, 0.05) is 35.5 Å². The summed E-state index contributed by atoms with van der Waals surface area (Å²) >= 11 is 0. The third kappa shape index (κ3) is 2.57. The predicted octanol–water partition coefficient (Wildman–Crippen LogP) is 8.27. The van der Waals surface area contributed by atoms with Crippen LogP contribution in [0.2, 0.25) is 60.4 Å². The maximum Gasteiger partial charge on any atom is 0.0483 e. The van der Waals surface area contributed by atoms with Crippen LogP contribution in [0.1, 0.15) is 0 Å².